The van der Waals surface area contributed by atoms with Crippen molar-refractivity contribution in [1.82, 2.24) is 0 Å². The Labute approximate surface area is 415 Å². The topological polar surface area (TPSA) is 289 Å². The van der Waals surface area contributed by atoms with E-state index in [-0.39, 0.29) is 95.1 Å². The van der Waals surface area contributed by atoms with Crippen LogP contribution < -0.4 is 0 Å². The first kappa shape index (κ1) is 53.8. The molecule has 0 aromatic rings. The number of rotatable bonds is 12. The normalized spacial score (nSPS) is 35.9. The lowest BCUT2D eigenvalue weighted by atomic mass is 9.66. The maximum atomic E-state index is 12.0. The highest BCUT2D eigenvalue weighted by atomic mass is 32.2. The van der Waals surface area contributed by atoms with E-state index in [2.05, 4.69) is 31.1 Å². The van der Waals surface area contributed by atoms with Crippen LogP contribution in [0.15, 0.2) is 48.6 Å². The summed E-state index contributed by atoms with van der Waals surface area (Å²) in [6.45, 7) is 21.2. The fraction of sp³-hybridized carbons (Fsp3) is 0.653. The lowest BCUT2D eigenvalue weighted by Crippen LogP contribution is -2.45. The van der Waals surface area contributed by atoms with Gasteiger partial charge in [-0.05, 0) is 79.6 Å². The summed E-state index contributed by atoms with van der Waals surface area (Å²) in [5.74, 6) is -3.31. The Morgan fingerprint density at radius 2 is 1.25 bits per heavy atom. The van der Waals surface area contributed by atoms with Gasteiger partial charge in [-0.25, -0.2) is 33.6 Å². The SMILES string of the molecule is C=C(C)C(=O)OC(C)C(=O)OC1C2CC3C(O2)C1OS3(=O)=O.C=C(C)C(=O)OC1C2CC3C(=O)OC1C3C2.C=C(C)C(=O)OC1CCOC1=O.C=C(C)C(=O)OCC(=O)OC1C2CC3CC1CC(C2)C(=O)O3. The van der Waals surface area contributed by atoms with Gasteiger partial charge in [-0.3, -0.25) is 13.8 Å². The quantitative estimate of drug-likeness (QED) is 0.117. The predicted octanol–water partition coefficient (Wildman–Crippen LogP) is 2.53. The standard InChI is InChI=1S/C16H20O6.C13H16O8S.C12H14O4.C8H10O4/c1-8(2)15(18)20-7-13(17)22-14-9-3-11-4-10(14)6-12(5-9)21-16(11)19;1-5(2)12(14)18-6(3)13(15)20-9-7-4-8-10(19-7)11(9)21-22(8,16)17;1-5(2)11(13)15-9-6-3-7-8(4-6)12(14)16-10(7)9;1-5(2)7(9)12-6-3-4-11-8(6)10/h9-12,14H,1,3-7H2,2H3;6-11H,1,4H2,2-3H3;6-10H,1,3-4H2,2H3;6H,1,3-4H2,2H3. The Kier molecular flexibility index (Phi) is 16.2. The molecular formula is C49H60O22S. The van der Waals surface area contributed by atoms with Crippen molar-refractivity contribution in [2.45, 2.75) is 152 Å². The van der Waals surface area contributed by atoms with E-state index in [4.69, 9.17) is 46.8 Å². The van der Waals surface area contributed by atoms with E-state index in [0.29, 0.717) is 24.5 Å². The minimum absolute atomic E-state index is 0.0359. The summed E-state index contributed by atoms with van der Waals surface area (Å²) >= 11 is 0. The second kappa shape index (κ2) is 21.6. The van der Waals surface area contributed by atoms with Crippen molar-refractivity contribution in [3.63, 3.8) is 0 Å². The van der Waals surface area contributed by atoms with Crippen molar-refractivity contribution in [1.29, 1.82) is 0 Å². The highest BCUT2D eigenvalue weighted by molar-refractivity contribution is 7.87. The van der Waals surface area contributed by atoms with Gasteiger partial charge < -0.3 is 47.4 Å². The Morgan fingerprint density at radius 3 is 1.85 bits per heavy atom. The van der Waals surface area contributed by atoms with Crippen molar-refractivity contribution in [3.05, 3.63) is 48.6 Å². The van der Waals surface area contributed by atoms with Crippen LogP contribution in [-0.2, 0) is 105 Å². The molecular weight excluding hydrogens is 973 g/mol. The zero-order valence-corrected chi connectivity index (χ0v) is 41.4. The molecule has 4 aliphatic carbocycles. The third kappa shape index (κ3) is 11.6. The van der Waals surface area contributed by atoms with Gasteiger partial charge in [-0.1, -0.05) is 26.3 Å². The minimum Gasteiger partial charge on any atom is -0.463 e. The van der Waals surface area contributed by atoms with Gasteiger partial charge >= 0.3 is 53.7 Å². The van der Waals surface area contributed by atoms with Crippen LogP contribution in [0.5, 0.6) is 0 Å². The van der Waals surface area contributed by atoms with Crippen molar-refractivity contribution < 1.29 is 103 Å². The first-order chi connectivity index (χ1) is 33.8. The largest absolute Gasteiger partial charge is 0.463 e. The molecule has 8 bridgehead atoms. The third-order valence-corrected chi connectivity index (χ3v) is 16.0. The van der Waals surface area contributed by atoms with Crippen LogP contribution in [0.1, 0.15) is 86.0 Å². The molecule has 0 aromatic carbocycles. The number of fused-ring (bicyclic) bond motifs is 3. The Morgan fingerprint density at radius 1 is 0.639 bits per heavy atom. The first-order valence-electron chi connectivity index (χ1n) is 23.8. The maximum Gasteiger partial charge on any atom is 0.347 e. The zero-order valence-electron chi connectivity index (χ0n) is 40.6. The maximum absolute atomic E-state index is 12.0. The molecule has 23 heteroatoms. The monoisotopic (exact) mass is 1030 g/mol. The van der Waals surface area contributed by atoms with Crippen LogP contribution in [0.4, 0.5) is 0 Å². The molecule has 0 amide bonds. The summed E-state index contributed by atoms with van der Waals surface area (Å²) in [6.07, 6.45) is 0.134. The lowest BCUT2D eigenvalue weighted by molar-refractivity contribution is -0.172. The summed E-state index contributed by atoms with van der Waals surface area (Å²) in [7, 11) is -3.66. The molecule has 14 atom stereocenters. The van der Waals surface area contributed by atoms with Crippen LogP contribution >= 0.6 is 0 Å². The Balaban J connectivity index is 0.000000144. The summed E-state index contributed by atoms with van der Waals surface area (Å²) in [4.78, 5) is 103. The van der Waals surface area contributed by atoms with E-state index in [1.165, 1.54) is 27.7 Å². The number of carbonyl (C=O) groups is 9. The number of ether oxygens (including phenoxy) is 10. The van der Waals surface area contributed by atoms with E-state index in [1.54, 1.807) is 6.92 Å². The summed E-state index contributed by atoms with van der Waals surface area (Å²) in [5.41, 5.74) is 1.09. The van der Waals surface area contributed by atoms with Gasteiger partial charge in [0.2, 0.25) is 6.10 Å². The summed E-state index contributed by atoms with van der Waals surface area (Å²) < 4.78 is 79.9. The summed E-state index contributed by atoms with van der Waals surface area (Å²) in [6, 6.07) is 0. The average Bonchev–Trinajstić information content (AvgIpc) is 4.17. The highest BCUT2D eigenvalue weighted by Crippen LogP contribution is 2.55. The number of hydrogen-bond acceptors (Lipinski definition) is 22. The van der Waals surface area contributed by atoms with Gasteiger partial charge in [0.05, 0.1) is 24.5 Å². The molecule has 4 saturated carbocycles. The van der Waals surface area contributed by atoms with Crippen molar-refractivity contribution in [2.24, 2.45) is 35.5 Å². The van der Waals surface area contributed by atoms with Gasteiger partial charge in [0.25, 0.3) is 10.1 Å². The minimum atomic E-state index is -3.66. The van der Waals surface area contributed by atoms with E-state index in [0.717, 1.165) is 38.5 Å². The molecule has 0 radical (unpaired) electrons. The molecule has 11 aliphatic rings. The average molecular weight is 1030 g/mol. The molecule has 394 valence electrons. The molecule has 72 heavy (non-hydrogen) atoms. The molecule has 0 aromatic heterocycles. The lowest BCUT2D eigenvalue weighted by Gasteiger charge is -2.42. The Hall–Kier alpha value is -5.94. The highest BCUT2D eigenvalue weighted by Gasteiger charge is 2.67. The Bertz CT molecular complexity index is 2410. The van der Waals surface area contributed by atoms with Crippen LogP contribution in [0, 0.1) is 35.5 Å². The smallest absolute Gasteiger partial charge is 0.347 e. The number of esters is 9. The van der Waals surface area contributed by atoms with E-state index >= 15 is 0 Å². The van der Waals surface area contributed by atoms with Crippen molar-refractivity contribution in [3.8, 4) is 0 Å². The fourth-order valence-corrected chi connectivity index (χ4v) is 12.5. The van der Waals surface area contributed by atoms with Gasteiger partial charge in [-0.15, -0.1) is 0 Å². The van der Waals surface area contributed by atoms with Gasteiger partial charge in [0.15, 0.2) is 18.8 Å². The summed E-state index contributed by atoms with van der Waals surface area (Å²) in [5, 5.41) is -0.684. The number of carbonyl (C=O) groups excluding carboxylic acids is 9. The molecule has 7 heterocycles. The third-order valence-electron chi connectivity index (χ3n) is 14.3. The molecule has 7 aliphatic heterocycles. The molecule has 0 spiro atoms. The second-order valence-corrected chi connectivity index (χ2v) is 21.7. The van der Waals surface area contributed by atoms with Crippen LogP contribution in [0.25, 0.3) is 0 Å². The molecule has 14 unspecified atom stereocenters. The second-order valence-electron chi connectivity index (χ2n) is 19.9. The van der Waals surface area contributed by atoms with Crippen LogP contribution in [0.3, 0.4) is 0 Å². The van der Waals surface area contributed by atoms with Gasteiger partial charge in [0, 0.05) is 52.4 Å². The van der Waals surface area contributed by atoms with Crippen LogP contribution in [0.2, 0.25) is 0 Å². The zero-order chi connectivity index (χ0) is 52.7. The van der Waals surface area contributed by atoms with E-state index < -0.39 is 94.4 Å². The molecule has 11 rings (SSSR count). The molecule has 0 N–H and O–H groups in total. The molecule has 7 saturated heterocycles. The number of cyclic esters (lactones) is 1. The van der Waals surface area contributed by atoms with Crippen molar-refractivity contribution >= 4 is 63.8 Å². The van der Waals surface area contributed by atoms with Crippen molar-refractivity contribution in [2.75, 3.05) is 13.2 Å². The molecule has 22 nitrogen and oxygen atoms in total. The first-order valence-corrected chi connectivity index (χ1v) is 25.3. The van der Waals surface area contributed by atoms with E-state index in [9.17, 15) is 51.6 Å². The number of hydrogen-bond donors (Lipinski definition) is 0. The fourth-order valence-electron chi connectivity index (χ4n) is 10.9. The van der Waals surface area contributed by atoms with Gasteiger partial charge in [0.1, 0.15) is 41.9 Å². The van der Waals surface area contributed by atoms with Gasteiger partial charge in [-0.2, -0.15) is 8.42 Å². The molecule has 11 fully saturated rings. The van der Waals surface area contributed by atoms with E-state index in [1.807, 2.05) is 0 Å². The predicted molar refractivity (Wildman–Crippen MR) is 240 cm³/mol. The van der Waals surface area contributed by atoms with Crippen LogP contribution in [-0.4, -0.2) is 142 Å².